The Bertz CT molecular complexity index is 1220. The van der Waals surface area contributed by atoms with Crippen LogP contribution in [0.5, 0.6) is 5.75 Å². The van der Waals surface area contributed by atoms with E-state index in [-0.39, 0.29) is 11.9 Å². The molecule has 0 saturated heterocycles. The number of hydrogen-bond acceptors (Lipinski definition) is 3. The second-order valence-corrected chi connectivity index (χ2v) is 7.82. The van der Waals surface area contributed by atoms with E-state index in [2.05, 4.69) is 46.6 Å². The van der Waals surface area contributed by atoms with Gasteiger partial charge in [0.2, 0.25) is 0 Å². The van der Waals surface area contributed by atoms with E-state index in [1.807, 2.05) is 67.6 Å². The molecule has 1 aliphatic rings. The van der Waals surface area contributed by atoms with Crippen molar-refractivity contribution in [2.24, 2.45) is 0 Å². The Morgan fingerprint density at radius 3 is 2.48 bits per heavy atom. The monoisotopic (exact) mass is 408 g/mol. The molecule has 1 N–H and O–H groups in total. The van der Waals surface area contributed by atoms with Crippen LogP contribution in [-0.4, -0.2) is 18.6 Å². The number of anilines is 2. The van der Waals surface area contributed by atoms with Crippen molar-refractivity contribution in [3.8, 4) is 5.75 Å². The van der Waals surface area contributed by atoms with Gasteiger partial charge in [-0.3, -0.25) is 4.79 Å². The van der Waals surface area contributed by atoms with Crippen LogP contribution in [-0.2, 0) is 4.79 Å². The normalized spacial score (nSPS) is 16.3. The summed E-state index contributed by atoms with van der Waals surface area (Å²) in [6.07, 6.45) is -0.604. The van der Waals surface area contributed by atoms with E-state index in [4.69, 9.17) is 4.74 Å². The number of carbonyl (C=O) groups excluding carboxylic acids is 1. The number of carbonyl (C=O) groups is 1. The summed E-state index contributed by atoms with van der Waals surface area (Å²) in [5.41, 5.74) is 3.11. The van der Waals surface area contributed by atoms with Crippen LogP contribution in [0, 0.1) is 0 Å². The molecule has 4 aromatic carbocycles. The van der Waals surface area contributed by atoms with Crippen molar-refractivity contribution in [1.29, 1.82) is 0 Å². The average Bonchev–Trinajstić information content (AvgIpc) is 2.83. The molecular weight excluding hydrogens is 384 g/mol. The summed E-state index contributed by atoms with van der Waals surface area (Å²) >= 11 is 0. The number of rotatable bonds is 4. The van der Waals surface area contributed by atoms with Crippen molar-refractivity contribution in [1.82, 2.24) is 5.32 Å². The molecule has 4 aromatic rings. The second-order valence-electron chi connectivity index (χ2n) is 7.82. The van der Waals surface area contributed by atoms with Gasteiger partial charge >= 0.3 is 0 Å². The van der Waals surface area contributed by atoms with Crippen molar-refractivity contribution in [3.05, 3.63) is 103 Å². The molecule has 5 rings (SSSR count). The SMILES string of the molecule is C[C@@H](NC(=O)C1CN(c2ccccc2)c2ccccc2O1)c1cccc2ccccc12. The standard InChI is InChI=1S/C27H24N2O2/c1-19(22-15-9-11-20-10-5-6-14-23(20)22)28-27(30)26-18-29(21-12-3-2-4-13-21)24-16-7-8-17-25(24)31-26/h2-17,19,26H,18H2,1H3,(H,28,30)/t19-,26?/m1/s1. The van der Waals surface area contributed by atoms with Gasteiger partial charge in [-0.2, -0.15) is 0 Å². The maximum atomic E-state index is 13.2. The lowest BCUT2D eigenvalue weighted by Crippen LogP contribution is -2.48. The molecule has 0 aromatic heterocycles. The molecule has 1 amide bonds. The summed E-state index contributed by atoms with van der Waals surface area (Å²) in [4.78, 5) is 15.4. The number of para-hydroxylation sites is 3. The number of nitrogens with one attached hydrogen (secondary N) is 1. The number of hydrogen-bond donors (Lipinski definition) is 1. The van der Waals surface area contributed by atoms with E-state index in [1.165, 1.54) is 5.39 Å². The van der Waals surface area contributed by atoms with E-state index in [0.717, 1.165) is 28.1 Å². The van der Waals surface area contributed by atoms with Gasteiger partial charge in [-0.25, -0.2) is 0 Å². The van der Waals surface area contributed by atoms with E-state index in [1.54, 1.807) is 0 Å². The summed E-state index contributed by atoms with van der Waals surface area (Å²) in [5.74, 6) is 0.603. The molecule has 0 aliphatic carbocycles. The first-order valence-electron chi connectivity index (χ1n) is 10.6. The molecule has 2 atom stereocenters. The van der Waals surface area contributed by atoms with Gasteiger partial charge in [0.1, 0.15) is 5.75 Å². The van der Waals surface area contributed by atoms with Gasteiger partial charge in [0.15, 0.2) is 6.10 Å². The average molecular weight is 409 g/mol. The highest BCUT2D eigenvalue weighted by molar-refractivity contribution is 5.88. The highest BCUT2D eigenvalue weighted by Crippen LogP contribution is 2.38. The van der Waals surface area contributed by atoms with Crippen LogP contribution in [0.2, 0.25) is 0 Å². The minimum Gasteiger partial charge on any atom is -0.477 e. The Kier molecular flexibility index (Phi) is 5.04. The lowest BCUT2D eigenvalue weighted by molar-refractivity contribution is -0.128. The Hall–Kier alpha value is -3.79. The zero-order valence-electron chi connectivity index (χ0n) is 17.4. The first kappa shape index (κ1) is 19.2. The third kappa shape index (κ3) is 3.73. The zero-order valence-corrected chi connectivity index (χ0v) is 17.4. The summed E-state index contributed by atoms with van der Waals surface area (Å²) < 4.78 is 6.12. The molecule has 1 unspecified atom stereocenters. The summed E-state index contributed by atoms with van der Waals surface area (Å²) in [5, 5.41) is 5.49. The lowest BCUT2D eigenvalue weighted by Gasteiger charge is -2.36. The summed E-state index contributed by atoms with van der Waals surface area (Å²) in [7, 11) is 0. The van der Waals surface area contributed by atoms with Crippen molar-refractivity contribution < 1.29 is 9.53 Å². The predicted octanol–water partition coefficient (Wildman–Crippen LogP) is 5.62. The smallest absolute Gasteiger partial charge is 0.263 e. The maximum Gasteiger partial charge on any atom is 0.263 e. The number of ether oxygens (including phenoxy) is 1. The number of fused-ring (bicyclic) bond motifs is 2. The first-order valence-corrected chi connectivity index (χ1v) is 10.6. The zero-order chi connectivity index (χ0) is 21.2. The van der Waals surface area contributed by atoms with Gasteiger partial charge in [-0.1, -0.05) is 72.8 Å². The Balaban J connectivity index is 1.40. The lowest BCUT2D eigenvalue weighted by atomic mass is 9.99. The summed E-state index contributed by atoms with van der Waals surface area (Å²) in [6, 6.07) is 32.3. The molecule has 31 heavy (non-hydrogen) atoms. The minimum atomic E-state index is -0.604. The molecule has 0 fully saturated rings. The molecule has 0 radical (unpaired) electrons. The van der Waals surface area contributed by atoms with Crippen LogP contribution < -0.4 is 15.0 Å². The minimum absolute atomic E-state index is 0.115. The van der Waals surface area contributed by atoms with E-state index in [0.29, 0.717) is 6.54 Å². The van der Waals surface area contributed by atoms with Gasteiger partial charge in [0.05, 0.1) is 18.3 Å². The fourth-order valence-electron chi connectivity index (χ4n) is 4.24. The third-order valence-electron chi connectivity index (χ3n) is 5.78. The number of benzene rings is 4. The predicted molar refractivity (Wildman–Crippen MR) is 125 cm³/mol. The molecule has 1 aliphatic heterocycles. The highest BCUT2D eigenvalue weighted by Gasteiger charge is 2.32. The van der Waals surface area contributed by atoms with Gasteiger partial charge in [0, 0.05) is 5.69 Å². The van der Waals surface area contributed by atoms with E-state index >= 15 is 0 Å². The molecule has 1 heterocycles. The highest BCUT2D eigenvalue weighted by atomic mass is 16.5. The fourth-order valence-corrected chi connectivity index (χ4v) is 4.24. The molecule has 0 saturated carbocycles. The number of nitrogens with zero attached hydrogens (tertiary/aromatic N) is 1. The van der Waals surface area contributed by atoms with Crippen LogP contribution in [0.3, 0.4) is 0 Å². The van der Waals surface area contributed by atoms with Crippen molar-refractivity contribution >= 4 is 28.1 Å². The van der Waals surface area contributed by atoms with Crippen molar-refractivity contribution in [3.63, 3.8) is 0 Å². The molecule has 4 heteroatoms. The van der Waals surface area contributed by atoms with Gasteiger partial charge in [-0.05, 0) is 47.5 Å². The van der Waals surface area contributed by atoms with Gasteiger partial charge in [-0.15, -0.1) is 0 Å². The van der Waals surface area contributed by atoms with Gasteiger partial charge in [0.25, 0.3) is 5.91 Å². The first-order chi connectivity index (χ1) is 15.2. The Morgan fingerprint density at radius 2 is 1.61 bits per heavy atom. The van der Waals surface area contributed by atoms with E-state index in [9.17, 15) is 4.79 Å². The van der Waals surface area contributed by atoms with Crippen molar-refractivity contribution in [2.45, 2.75) is 19.1 Å². The van der Waals surface area contributed by atoms with Crippen LogP contribution in [0.4, 0.5) is 11.4 Å². The molecule has 0 spiro atoms. The van der Waals surface area contributed by atoms with Gasteiger partial charge < -0.3 is 15.0 Å². The fraction of sp³-hybridized carbons (Fsp3) is 0.148. The van der Waals surface area contributed by atoms with Crippen LogP contribution in [0.1, 0.15) is 18.5 Å². The maximum absolute atomic E-state index is 13.2. The molecule has 4 nitrogen and oxygen atoms in total. The summed E-state index contributed by atoms with van der Waals surface area (Å²) in [6.45, 7) is 2.47. The quantitative estimate of drug-likeness (QED) is 0.477. The van der Waals surface area contributed by atoms with Crippen LogP contribution in [0.25, 0.3) is 10.8 Å². The van der Waals surface area contributed by atoms with Crippen LogP contribution in [0.15, 0.2) is 97.1 Å². The molecule has 154 valence electrons. The van der Waals surface area contributed by atoms with Crippen molar-refractivity contribution in [2.75, 3.05) is 11.4 Å². The largest absolute Gasteiger partial charge is 0.477 e. The number of amides is 1. The topological polar surface area (TPSA) is 41.6 Å². The second kappa shape index (κ2) is 8.15. The molecular formula is C27H24N2O2. The Morgan fingerprint density at radius 1 is 0.903 bits per heavy atom. The van der Waals surface area contributed by atoms with E-state index < -0.39 is 6.10 Å². The molecule has 0 bridgehead atoms. The van der Waals surface area contributed by atoms with Crippen LogP contribution >= 0.6 is 0 Å². The third-order valence-corrected chi connectivity index (χ3v) is 5.78. The Labute approximate surface area is 182 Å².